The standard InChI is InChI=1S/C33H26BrClN2O2S/c34-28-18-24(35)17-23(31(28)39-20-22-11-8-10-21-9-4-5-14-26(21)22)19-36-33-30(27-15-6-7-16-29(27)40-33)32(38)37-25-12-2-1-3-13-25/h1-5,8-14,17-19H,6-7,15-16,20H2,(H,37,38). The number of aliphatic imine (C=N–C) groups is 1. The largest absolute Gasteiger partial charge is 0.487 e. The van der Waals surface area contributed by atoms with E-state index < -0.39 is 0 Å². The zero-order valence-corrected chi connectivity index (χ0v) is 24.8. The van der Waals surface area contributed by atoms with Crippen LogP contribution in [0.15, 0.2) is 94.4 Å². The summed E-state index contributed by atoms with van der Waals surface area (Å²) in [5.41, 5.74) is 4.38. The maximum Gasteiger partial charge on any atom is 0.259 e. The second-order valence-corrected chi connectivity index (χ2v) is 12.1. The van der Waals surface area contributed by atoms with Crippen molar-refractivity contribution in [3.8, 4) is 5.75 Å². The monoisotopic (exact) mass is 628 g/mol. The molecule has 1 amide bonds. The van der Waals surface area contributed by atoms with Crippen LogP contribution in [-0.4, -0.2) is 12.1 Å². The summed E-state index contributed by atoms with van der Waals surface area (Å²) in [6, 6.07) is 27.7. The molecule has 0 fully saturated rings. The molecular weight excluding hydrogens is 604 g/mol. The van der Waals surface area contributed by atoms with Crippen LogP contribution in [0.2, 0.25) is 5.02 Å². The second kappa shape index (κ2) is 12.0. The quantitative estimate of drug-likeness (QED) is 0.182. The van der Waals surface area contributed by atoms with Crippen LogP contribution >= 0.6 is 38.9 Å². The maximum atomic E-state index is 13.5. The summed E-state index contributed by atoms with van der Waals surface area (Å²) in [5.74, 6) is 0.523. The Kier molecular flexibility index (Phi) is 8.00. The van der Waals surface area contributed by atoms with E-state index in [1.807, 2.05) is 60.7 Å². The van der Waals surface area contributed by atoms with Gasteiger partial charge in [0, 0.05) is 27.4 Å². The van der Waals surface area contributed by atoms with Gasteiger partial charge in [0.05, 0.1) is 10.0 Å². The average molecular weight is 630 g/mol. The number of hydrogen-bond acceptors (Lipinski definition) is 4. The van der Waals surface area contributed by atoms with E-state index in [-0.39, 0.29) is 5.91 Å². The molecule has 0 saturated carbocycles. The highest BCUT2D eigenvalue weighted by Crippen LogP contribution is 2.41. The highest BCUT2D eigenvalue weighted by Gasteiger charge is 2.25. The van der Waals surface area contributed by atoms with Gasteiger partial charge in [0.2, 0.25) is 0 Å². The molecule has 40 heavy (non-hydrogen) atoms. The third-order valence-corrected chi connectivity index (χ3v) is 9.03. The molecule has 7 heteroatoms. The van der Waals surface area contributed by atoms with Gasteiger partial charge in [0.15, 0.2) is 0 Å². The molecule has 0 unspecified atom stereocenters. The molecule has 0 atom stereocenters. The smallest absolute Gasteiger partial charge is 0.259 e. The highest BCUT2D eigenvalue weighted by atomic mass is 79.9. The molecule has 0 aliphatic heterocycles. The Bertz CT molecular complexity index is 1730. The minimum atomic E-state index is -0.127. The average Bonchev–Trinajstić information content (AvgIpc) is 3.34. The number of nitrogens with zero attached hydrogens (tertiary/aromatic N) is 1. The molecule has 200 valence electrons. The Labute approximate surface area is 250 Å². The van der Waals surface area contributed by atoms with Crippen molar-refractivity contribution in [3.05, 3.63) is 122 Å². The van der Waals surface area contributed by atoms with Gasteiger partial charge in [-0.25, -0.2) is 4.99 Å². The van der Waals surface area contributed by atoms with Crippen molar-refractivity contribution >= 4 is 72.5 Å². The summed E-state index contributed by atoms with van der Waals surface area (Å²) in [4.78, 5) is 19.6. The number of amides is 1. The summed E-state index contributed by atoms with van der Waals surface area (Å²) in [7, 11) is 0. The van der Waals surface area contributed by atoms with Gasteiger partial charge in [0.1, 0.15) is 17.4 Å². The lowest BCUT2D eigenvalue weighted by molar-refractivity contribution is 0.102. The molecule has 1 aliphatic carbocycles. The Hall–Kier alpha value is -3.45. The molecule has 4 aromatic carbocycles. The number of ether oxygens (including phenoxy) is 1. The lowest BCUT2D eigenvalue weighted by Gasteiger charge is -2.14. The number of rotatable bonds is 7. The van der Waals surface area contributed by atoms with Crippen molar-refractivity contribution < 1.29 is 9.53 Å². The Morgan fingerprint density at radius 1 is 1.00 bits per heavy atom. The lowest BCUT2D eigenvalue weighted by atomic mass is 9.95. The van der Waals surface area contributed by atoms with E-state index in [0.717, 1.165) is 57.9 Å². The van der Waals surface area contributed by atoms with Gasteiger partial charge in [-0.05, 0) is 87.8 Å². The predicted molar refractivity (Wildman–Crippen MR) is 170 cm³/mol. The Morgan fingerprint density at radius 3 is 2.65 bits per heavy atom. The summed E-state index contributed by atoms with van der Waals surface area (Å²) in [6.07, 6.45) is 5.83. The molecule has 4 nitrogen and oxygen atoms in total. The number of anilines is 1. The van der Waals surface area contributed by atoms with E-state index in [1.54, 1.807) is 17.6 Å². The van der Waals surface area contributed by atoms with Gasteiger partial charge >= 0.3 is 0 Å². The van der Waals surface area contributed by atoms with Gasteiger partial charge in [-0.15, -0.1) is 11.3 Å². The first-order chi connectivity index (χ1) is 19.6. The van der Waals surface area contributed by atoms with E-state index in [0.29, 0.717) is 27.9 Å². The number of nitrogens with one attached hydrogen (secondary N) is 1. The molecule has 1 aromatic heterocycles. The number of halogens is 2. The Morgan fingerprint density at radius 2 is 1.77 bits per heavy atom. The van der Waals surface area contributed by atoms with Gasteiger partial charge in [-0.3, -0.25) is 4.79 Å². The summed E-state index contributed by atoms with van der Waals surface area (Å²) < 4.78 is 7.12. The first-order valence-electron chi connectivity index (χ1n) is 13.2. The van der Waals surface area contributed by atoms with E-state index in [1.165, 1.54) is 10.3 Å². The van der Waals surface area contributed by atoms with Crippen molar-refractivity contribution in [3.63, 3.8) is 0 Å². The minimum absolute atomic E-state index is 0.127. The molecular formula is C33H26BrClN2O2S. The molecule has 5 aromatic rings. The number of para-hydroxylation sites is 1. The van der Waals surface area contributed by atoms with Crippen LogP contribution in [0.25, 0.3) is 10.8 Å². The van der Waals surface area contributed by atoms with Crippen LogP contribution in [0, 0.1) is 0 Å². The third-order valence-electron chi connectivity index (χ3n) is 7.02. The highest BCUT2D eigenvalue weighted by molar-refractivity contribution is 9.10. The van der Waals surface area contributed by atoms with Crippen LogP contribution < -0.4 is 10.1 Å². The fourth-order valence-electron chi connectivity index (χ4n) is 5.12. The van der Waals surface area contributed by atoms with Crippen LogP contribution in [0.1, 0.15) is 44.8 Å². The minimum Gasteiger partial charge on any atom is -0.487 e. The van der Waals surface area contributed by atoms with Crippen molar-refractivity contribution in [1.29, 1.82) is 0 Å². The van der Waals surface area contributed by atoms with E-state index >= 15 is 0 Å². The SMILES string of the molecule is O=C(Nc1ccccc1)c1c(N=Cc2cc(Cl)cc(Br)c2OCc2cccc3ccccc23)sc2c1CCCC2. The molecule has 1 N–H and O–H groups in total. The second-order valence-electron chi connectivity index (χ2n) is 9.70. The van der Waals surface area contributed by atoms with E-state index in [9.17, 15) is 4.79 Å². The zero-order chi connectivity index (χ0) is 27.5. The predicted octanol–water partition coefficient (Wildman–Crippen LogP) is 9.78. The summed E-state index contributed by atoms with van der Waals surface area (Å²) in [6.45, 7) is 0.389. The first kappa shape index (κ1) is 26.8. The van der Waals surface area contributed by atoms with Crippen LogP contribution in [0.4, 0.5) is 10.7 Å². The normalized spacial score (nSPS) is 12.9. The first-order valence-corrected chi connectivity index (χ1v) is 15.2. The number of thiophene rings is 1. The number of aryl methyl sites for hydroxylation is 1. The van der Waals surface area contributed by atoms with Crippen molar-refractivity contribution in [2.45, 2.75) is 32.3 Å². The van der Waals surface area contributed by atoms with Gasteiger partial charge < -0.3 is 10.1 Å². The number of benzene rings is 4. The molecule has 0 spiro atoms. The van der Waals surface area contributed by atoms with Crippen molar-refractivity contribution in [2.24, 2.45) is 4.99 Å². The Balaban J connectivity index is 1.33. The number of hydrogen-bond donors (Lipinski definition) is 1. The maximum absolute atomic E-state index is 13.5. The summed E-state index contributed by atoms with van der Waals surface area (Å²) >= 11 is 11.7. The third kappa shape index (κ3) is 5.71. The topological polar surface area (TPSA) is 50.7 Å². The molecule has 6 rings (SSSR count). The van der Waals surface area contributed by atoms with Gasteiger partial charge in [-0.1, -0.05) is 72.3 Å². The van der Waals surface area contributed by atoms with E-state index in [2.05, 4.69) is 45.5 Å². The lowest BCUT2D eigenvalue weighted by Crippen LogP contribution is -2.14. The fraction of sp³-hybridized carbons (Fsp3) is 0.152. The van der Waals surface area contributed by atoms with Crippen LogP contribution in [0.5, 0.6) is 5.75 Å². The van der Waals surface area contributed by atoms with Crippen LogP contribution in [-0.2, 0) is 19.4 Å². The molecule has 1 aliphatic rings. The van der Waals surface area contributed by atoms with Crippen LogP contribution in [0.3, 0.4) is 0 Å². The van der Waals surface area contributed by atoms with E-state index in [4.69, 9.17) is 21.3 Å². The molecule has 1 heterocycles. The zero-order valence-electron chi connectivity index (χ0n) is 21.6. The molecule has 0 bridgehead atoms. The van der Waals surface area contributed by atoms with Gasteiger partial charge in [0.25, 0.3) is 5.91 Å². The fourth-order valence-corrected chi connectivity index (χ4v) is 7.30. The van der Waals surface area contributed by atoms with Gasteiger partial charge in [-0.2, -0.15) is 0 Å². The number of fused-ring (bicyclic) bond motifs is 2. The molecule has 0 saturated heterocycles. The molecule has 0 radical (unpaired) electrons. The number of carbonyl (C=O) groups excluding carboxylic acids is 1. The summed E-state index contributed by atoms with van der Waals surface area (Å²) in [5, 5.41) is 6.66. The van der Waals surface area contributed by atoms with Crippen molar-refractivity contribution in [2.75, 3.05) is 5.32 Å². The number of carbonyl (C=O) groups is 1. The van der Waals surface area contributed by atoms with Crippen molar-refractivity contribution in [1.82, 2.24) is 0 Å².